The second-order valence-corrected chi connectivity index (χ2v) is 6.10. The number of carbonyl (C=O) groups is 1. The number of alkyl halides is 2. The van der Waals surface area contributed by atoms with Crippen LogP contribution in [0.15, 0.2) is 24.3 Å². The highest BCUT2D eigenvalue weighted by Gasteiger charge is 2.40. The molecule has 6 heteroatoms. The number of nitrogens with two attached hydrogens (primary N) is 1. The van der Waals surface area contributed by atoms with Gasteiger partial charge in [-0.1, -0.05) is 18.6 Å². The fourth-order valence-corrected chi connectivity index (χ4v) is 3.69. The second kappa shape index (κ2) is 6.20. The van der Waals surface area contributed by atoms with Crippen LogP contribution in [-0.4, -0.2) is 36.5 Å². The van der Waals surface area contributed by atoms with Crippen LogP contribution in [0.1, 0.15) is 29.6 Å². The molecule has 3 atom stereocenters. The molecule has 1 saturated carbocycles. The maximum absolute atomic E-state index is 12.7. The number of hydrogen-bond donors (Lipinski definition) is 1. The summed E-state index contributed by atoms with van der Waals surface area (Å²) in [4.78, 5) is 14.4. The SMILES string of the molecule is NC1CCCC2CN(C(=O)c3ccccc3OC(F)F)CC12. The molecule has 0 aromatic heterocycles. The lowest BCUT2D eigenvalue weighted by Gasteiger charge is -2.29. The summed E-state index contributed by atoms with van der Waals surface area (Å²) in [6, 6.07) is 6.29. The third-order valence-electron chi connectivity index (χ3n) is 4.77. The predicted molar refractivity (Wildman–Crippen MR) is 77.8 cm³/mol. The van der Waals surface area contributed by atoms with E-state index in [4.69, 9.17) is 5.73 Å². The minimum atomic E-state index is -2.94. The van der Waals surface area contributed by atoms with Crippen LogP contribution in [0.3, 0.4) is 0 Å². The van der Waals surface area contributed by atoms with Gasteiger partial charge in [0.2, 0.25) is 0 Å². The lowest BCUT2D eigenvalue weighted by Crippen LogP contribution is -2.38. The molecular formula is C16H20F2N2O2. The number of likely N-dealkylation sites (tertiary alicyclic amines) is 1. The maximum Gasteiger partial charge on any atom is 0.387 e. The van der Waals surface area contributed by atoms with Gasteiger partial charge < -0.3 is 15.4 Å². The van der Waals surface area contributed by atoms with Crippen molar-refractivity contribution >= 4 is 5.91 Å². The summed E-state index contributed by atoms with van der Waals surface area (Å²) in [5, 5.41) is 0. The smallest absolute Gasteiger partial charge is 0.387 e. The van der Waals surface area contributed by atoms with Gasteiger partial charge in [0.05, 0.1) is 5.56 Å². The molecule has 1 aromatic carbocycles. The molecule has 1 aromatic rings. The molecule has 0 bridgehead atoms. The van der Waals surface area contributed by atoms with Crippen molar-refractivity contribution in [2.75, 3.05) is 13.1 Å². The van der Waals surface area contributed by atoms with E-state index in [1.165, 1.54) is 12.1 Å². The molecule has 1 heterocycles. The summed E-state index contributed by atoms with van der Waals surface area (Å²) >= 11 is 0. The normalized spacial score (nSPS) is 27.8. The van der Waals surface area contributed by atoms with E-state index >= 15 is 0 Å². The molecule has 1 saturated heterocycles. The number of benzene rings is 1. The highest BCUT2D eigenvalue weighted by atomic mass is 19.3. The van der Waals surface area contributed by atoms with Gasteiger partial charge in [-0.05, 0) is 36.8 Å². The molecule has 1 amide bonds. The molecule has 120 valence electrons. The number of carbonyl (C=O) groups excluding carboxylic acids is 1. The molecule has 1 aliphatic heterocycles. The Morgan fingerprint density at radius 2 is 2.05 bits per heavy atom. The first-order valence-electron chi connectivity index (χ1n) is 7.65. The molecule has 2 fully saturated rings. The third kappa shape index (κ3) is 2.92. The molecule has 0 radical (unpaired) electrons. The van der Waals surface area contributed by atoms with Crippen LogP contribution in [-0.2, 0) is 0 Å². The van der Waals surface area contributed by atoms with E-state index < -0.39 is 6.61 Å². The molecule has 0 spiro atoms. The Morgan fingerprint density at radius 3 is 2.77 bits per heavy atom. The zero-order valence-corrected chi connectivity index (χ0v) is 12.3. The van der Waals surface area contributed by atoms with Gasteiger partial charge in [-0.3, -0.25) is 4.79 Å². The van der Waals surface area contributed by atoms with Crippen LogP contribution in [0, 0.1) is 11.8 Å². The standard InChI is InChI=1S/C16H20F2N2O2/c17-16(18)22-14-7-2-1-5-11(14)15(21)20-8-10-4-3-6-13(19)12(10)9-20/h1-2,5,7,10,12-13,16H,3-4,6,8-9,19H2. The Balaban J connectivity index is 1.77. The monoisotopic (exact) mass is 310 g/mol. The van der Waals surface area contributed by atoms with Crippen molar-refractivity contribution in [1.29, 1.82) is 0 Å². The van der Waals surface area contributed by atoms with Crippen LogP contribution in [0.2, 0.25) is 0 Å². The lowest BCUT2D eigenvalue weighted by molar-refractivity contribution is -0.0502. The fourth-order valence-electron chi connectivity index (χ4n) is 3.69. The van der Waals surface area contributed by atoms with E-state index in [1.807, 2.05) is 0 Å². The first kappa shape index (κ1) is 15.2. The molecule has 2 aliphatic rings. The number of ether oxygens (including phenoxy) is 1. The van der Waals surface area contributed by atoms with Crippen LogP contribution in [0.5, 0.6) is 5.75 Å². The summed E-state index contributed by atoms with van der Waals surface area (Å²) in [6.07, 6.45) is 3.17. The summed E-state index contributed by atoms with van der Waals surface area (Å²) in [5.74, 6) is 0.427. The molecule has 3 unspecified atom stereocenters. The van der Waals surface area contributed by atoms with E-state index in [9.17, 15) is 13.6 Å². The van der Waals surface area contributed by atoms with E-state index in [0.29, 0.717) is 24.9 Å². The van der Waals surface area contributed by atoms with E-state index in [0.717, 1.165) is 19.3 Å². The Hall–Kier alpha value is -1.69. The van der Waals surface area contributed by atoms with Crippen LogP contribution < -0.4 is 10.5 Å². The topological polar surface area (TPSA) is 55.6 Å². The number of nitrogens with zero attached hydrogens (tertiary/aromatic N) is 1. The van der Waals surface area contributed by atoms with Crippen molar-refractivity contribution in [3.05, 3.63) is 29.8 Å². The van der Waals surface area contributed by atoms with Crippen molar-refractivity contribution in [1.82, 2.24) is 4.90 Å². The Bertz CT molecular complexity index is 553. The van der Waals surface area contributed by atoms with Crippen molar-refractivity contribution in [3.8, 4) is 5.75 Å². The third-order valence-corrected chi connectivity index (χ3v) is 4.77. The Labute approximate surface area is 128 Å². The average molecular weight is 310 g/mol. The van der Waals surface area contributed by atoms with Gasteiger partial charge in [-0.2, -0.15) is 8.78 Å². The van der Waals surface area contributed by atoms with E-state index in [1.54, 1.807) is 17.0 Å². The van der Waals surface area contributed by atoms with Gasteiger partial charge in [0.15, 0.2) is 0 Å². The predicted octanol–water partition coefficient (Wildman–Crippen LogP) is 2.49. The van der Waals surface area contributed by atoms with E-state index in [-0.39, 0.29) is 23.3 Å². The number of hydrogen-bond acceptors (Lipinski definition) is 3. The van der Waals surface area contributed by atoms with Gasteiger partial charge >= 0.3 is 6.61 Å². The Kier molecular flexibility index (Phi) is 4.29. The van der Waals surface area contributed by atoms with Gasteiger partial charge in [0.25, 0.3) is 5.91 Å². The van der Waals surface area contributed by atoms with Gasteiger partial charge in [-0.25, -0.2) is 0 Å². The largest absolute Gasteiger partial charge is 0.434 e. The first-order valence-corrected chi connectivity index (χ1v) is 7.65. The number of rotatable bonds is 3. The van der Waals surface area contributed by atoms with Crippen LogP contribution >= 0.6 is 0 Å². The van der Waals surface area contributed by atoms with Gasteiger partial charge in [0, 0.05) is 19.1 Å². The quantitative estimate of drug-likeness (QED) is 0.933. The number of fused-ring (bicyclic) bond motifs is 1. The zero-order valence-electron chi connectivity index (χ0n) is 12.3. The fraction of sp³-hybridized carbons (Fsp3) is 0.562. The summed E-state index contributed by atoms with van der Waals surface area (Å²) in [5.41, 5.74) is 6.34. The number of halogens is 2. The molecule has 3 rings (SSSR count). The molecule has 1 aliphatic carbocycles. The van der Waals surface area contributed by atoms with Crippen molar-refractivity contribution in [2.45, 2.75) is 31.9 Å². The molecule has 22 heavy (non-hydrogen) atoms. The summed E-state index contributed by atoms with van der Waals surface area (Å²) < 4.78 is 29.4. The molecule has 2 N–H and O–H groups in total. The summed E-state index contributed by atoms with van der Waals surface area (Å²) in [7, 11) is 0. The molecule has 4 nitrogen and oxygen atoms in total. The van der Waals surface area contributed by atoms with Gasteiger partial charge in [0.1, 0.15) is 5.75 Å². The summed E-state index contributed by atoms with van der Waals surface area (Å²) in [6.45, 7) is -1.68. The lowest BCUT2D eigenvalue weighted by atomic mass is 9.78. The average Bonchev–Trinajstić information content (AvgIpc) is 2.92. The van der Waals surface area contributed by atoms with Gasteiger partial charge in [-0.15, -0.1) is 0 Å². The minimum Gasteiger partial charge on any atom is -0.434 e. The van der Waals surface area contributed by atoms with Crippen molar-refractivity contribution < 1.29 is 18.3 Å². The minimum absolute atomic E-state index is 0.0679. The number of amides is 1. The van der Waals surface area contributed by atoms with Crippen LogP contribution in [0.25, 0.3) is 0 Å². The van der Waals surface area contributed by atoms with Crippen molar-refractivity contribution in [3.63, 3.8) is 0 Å². The maximum atomic E-state index is 12.7. The van der Waals surface area contributed by atoms with Crippen LogP contribution in [0.4, 0.5) is 8.78 Å². The molecular weight excluding hydrogens is 290 g/mol. The highest BCUT2D eigenvalue weighted by molar-refractivity contribution is 5.97. The highest BCUT2D eigenvalue weighted by Crippen LogP contribution is 2.36. The zero-order chi connectivity index (χ0) is 15.7. The second-order valence-electron chi connectivity index (χ2n) is 6.10. The first-order chi connectivity index (χ1) is 10.6. The van der Waals surface area contributed by atoms with E-state index in [2.05, 4.69) is 4.74 Å². The number of para-hydroxylation sites is 1. The van der Waals surface area contributed by atoms with Crippen molar-refractivity contribution in [2.24, 2.45) is 17.6 Å². The Morgan fingerprint density at radius 1 is 1.27 bits per heavy atom.